The number of rotatable bonds is 6. The van der Waals surface area contributed by atoms with Crippen molar-refractivity contribution in [1.29, 1.82) is 0 Å². The molecule has 19 heavy (non-hydrogen) atoms. The Hall–Kier alpha value is -0.120. The van der Waals surface area contributed by atoms with Gasteiger partial charge in [0.05, 0.1) is 6.61 Å². The van der Waals surface area contributed by atoms with Crippen LogP contribution in [-0.2, 0) is 4.74 Å². The van der Waals surface area contributed by atoms with Gasteiger partial charge < -0.3 is 15.0 Å². The Morgan fingerprint density at radius 3 is 2.74 bits per heavy atom. The molecule has 3 nitrogen and oxygen atoms in total. The molecule has 1 N–H and O–H groups in total. The standard InChI is InChI=1S/C16H32N2O/c1-13-4-5-16(10-14(13)2)17-11-15-6-7-18(12-15)8-9-19-3/h13-17H,4-12H2,1-3H3/t13-,14+,15+,16+/m0/s1. The van der Waals surface area contributed by atoms with E-state index in [-0.39, 0.29) is 0 Å². The molecule has 0 aromatic rings. The lowest BCUT2D eigenvalue weighted by Crippen LogP contribution is -2.39. The van der Waals surface area contributed by atoms with E-state index in [9.17, 15) is 0 Å². The van der Waals surface area contributed by atoms with Gasteiger partial charge in [-0.15, -0.1) is 0 Å². The number of likely N-dealkylation sites (tertiary alicyclic amines) is 1. The Kier molecular flexibility index (Phi) is 6.11. The first kappa shape index (κ1) is 15.3. The summed E-state index contributed by atoms with van der Waals surface area (Å²) in [5, 5.41) is 3.83. The average molecular weight is 268 g/mol. The molecule has 4 atom stereocenters. The van der Waals surface area contributed by atoms with Crippen LogP contribution < -0.4 is 5.32 Å². The lowest BCUT2D eigenvalue weighted by atomic mass is 9.79. The van der Waals surface area contributed by atoms with Gasteiger partial charge in [-0.3, -0.25) is 0 Å². The second-order valence-electron chi connectivity index (χ2n) is 6.82. The Balaban J connectivity index is 1.61. The van der Waals surface area contributed by atoms with Gasteiger partial charge in [-0.2, -0.15) is 0 Å². The molecule has 1 saturated heterocycles. The molecule has 0 aromatic heterocycles. The highest BCUT2D eigenvalue weighted by atomic mass is 16.5. The molecule has 112 valence electrons. The number of nitrogens with one attached hydrogen (secondary N) is 1. The van der Waals surface area contributed by atoms with Crippen LogP contribution in [0, 0.1) is 17.8 Å². The van der Waals surface area contributed by atoms with Crippen molar-refractivity contribution in [3.05, 3.63) is 0 Å². The minimum absolute atomic E-state index is 0.777. The van der Waals surface area contributed by atoms with Gasteiger partial charge in [0.15, 0.2) is 0 Å². The molecule has 1 heterocycles. The molecule has 1 aliphatic carbocycles. The lowest BCUT2D eigenvalue weighted by molar-refractivity contribution is 0.158. The Morgan fingerprint density at radius 2 is 2.00 bits per heavy atom. The zero-order valence-electron chi connectivity index (χ0n) is 13.0. The highest BCUT2D eigenvalue weighted by Gasteiger charge is 2.26. The van der Waals surface area contributed by atoms with Crippen molar-refractivity contribution in [2.75, 3.05) is 39.9 Å². The number of hydrogen-bond donors (Lipinski definition) is 1. The summed E-state index contributed by atoms with van der Waals surface area (Å²) in [6, 6.07) is 0.777. The Bertz CT molecular complexity index is 259. The quantitative estimate of drug-likeness (QED) is 0.800. The molecule has 2 aliphatic rings. The fourth-order valence-corrected chi connectivity index (χ4v) is 3.57. The van der Waals surface area contributed by atoms with Crippen molar-refractivity contribution in [3.63, 3.8) is 0 Å². The highest BCUT2D eigenvalue weighted by molar-refractivity contribution is 4.83. The summed E-state index contributed by atoms with van der Waals surface area (Å²) >= 11 is 0. The minimum Gasteiger partial charge on any atom is -0.383 e. The van der Waals surface area contributed by atoms with Crippen molar-refractivity contribution in [1.82, 2.24) is 10.2 Å². The van der Waals surface area contributed by atoms with Gasteiger partial charge in [-0.05, 0) is 56.5 Å². The van der Waals surface area contributed by atoms with Gasteiger partial charge in [0, 0.05) is 26.2 Å². The minimum atomic E-state index is 0.777. The van der Waals surface area contributed by atoms with Gasteiger partial charge in [0.1, 0.15) is 0 Å². The zero-order chi connectivity index (χ0) is 13.7. The maximum Gasteiger partial charge on any atom is 0.0589 e. The van der Waals surface area contributed by atoms with Crippen LogP contribution in [0.3, 0.4) is 0 Å². The van der Waals surface area contributed by atoms with E-state index in [1.54, 1.807) is 7.11 Å². The van der Waals surface area contributed by atoms with Gasteiger partial charge in [-0.1, -0.05) is 13.8 Å². The van der Waals surface area contributed by atoms with Crippen LogP contribution >= 0.6 is 0 Å². The molecule has 2 rings (SSSR count). The first-order chi connectivity index (χ1) is 9.19. The molecule has 1 aliphatic heterocycles. The van der Waals surface area contributed by atoms with E-state index in [1.807, 2.05) is 0 Å². The fraction of sp³-hybridized carbons (Fsp3) is 1.00. The Labute approximate surface area is 119 Å². The molecule has 1 saturated carbocycles. The first-order valence-electron chi connectivity index (χ1n) is 8.13. The molecule has 0 unspecified atom stereocenters. The molecule has 2 fully saturated rings. The molecular formula is C16H32N2O. The molecule has 0 spiro atoms. The maximum atomic E-state index is 5.16. The summed E-state index contributed by atoms with van der Waals surface area (Å²) in [5.74, 6) is 2.67. The van der Waals surface area contributed by atoms with Crippen molar-refractivity contribution in [3.8, 4) is 0 Å². The third kappa shape index (κ3) is 4.73. The van der Waals surface area contributed by atoms with Crippen LogP contribution in [0.15, 0.2) is 0 Å². The third-order valence-electron chi connectivity index (χ3n) is 5.27. The normalized spacial score (nSPS) is 36.8. The van der Waals surface area contributed by atoms with Gasteiger partial charge in [-0.25, -0.2) is 0 Å². The second-order valence-corrected chi connectivity index (χ2v) is 6.82. The Morgan fingerprint density at radius 1 is 1.16 bits per heavy atom. The van der Waals surface area contributed by atoms with E-state index in [0.29, 0.717) is 0 Å². The van der Waals surface area contributed by atoms with Crippen molar-refractivity contribution in [2.24, 2.45) is 17.8 Å². The van der Waals surface area contributed by atoms with Crippen molar-refractivity contribution in [2.45, 2.75) is 45.6 Å². The topological polar surface area (TPSA) is 24.5 Å². The van der Waals surface area contributed by atoms with Crippen LogP contribution in [0.5, 0.6) is 0 Å². The first-order valence-corrected chi connectivity index (χ1v) is 8.13. The van der Waals surface area contributed by atoms with E-state index < -0.39 is 0 Å². The summed E-state index contributed by atoms with van der Waals surface area (Å²) < 4.78 is 5.16. The maximum absolute atomic E-state index is 5.16. The monoisotopic (exact) mass is 268 g/mol. The van der Waals surface area contributed by atoms with E-state index in [0.717, 1.165) is 36.9 Å². The molecule has 0 bridgehead atoms. The van der Waals surface area contributed by atoms with Crippen molar-refractivity contribution >= 4 is 0 Å². The van der Waals surface area contributed by atoms with Crippen LogP contribution in [0.1, 0.15) is 39.5 Å². The third-order valence-corrected chi connectivity index (χ3v) is 5.27. The van der Waals surface area contributed by atoms with E-state index >= 15 is 0 Å². The number of hydrogen-bond acceptors (Lipinski definition) is 3. The summed E-state index contributed by atoms with van der Waals surface area (Å²) in [7, 11) is 1.79. The second kappa shape index (κ2) is 7.61. The van der Waals surface area contributed by atoms with Crippen LogP contribution in [-0.4, -0.2) is 50.8 Å². The van der Waals surface area contributed by atoms with Crippen LogP contribution in [0.25, 0.3) is 0 Å². The predicted molar refractivity (Wildman–Crippen MR) is 80.4 cm³/mol. The largest absolute Gasteiger partial charge is 0.383 e. The molecule has 0 amide bonds. The number of nitrogens with zero attached hydrogens (tertiary/aromatic N) is 1. The van der Waals surface area contributed by atoms with E-state index in [2.05, 4.69) is 24.1 Å². The molecule has 0 radical (unpaired) electrons. The molecule has 0 aromatic carbocycles. The zero-order valence-corrected chi connectivity index (χ0v) is 13.0. The lowest BCUT2D eigenvalue weighted by Gasteiger charge is -2.33. The van der Waals surface area contributed by atoms with E-state index in [4.69, 9.17) is 4.74 Å². The van der Waals surface area contributed by atoms with Crippen LogP contribution in [0.2, 0.25) is 0 Å². The van der Waals surface area contributed by atoms with Gasteiger partial charge in [0.2, 0.25) is 0 Å². The number of ether oxygens (including phenoxy) is 1. The smallest absolute Gasteiger partial charge is 0.0589 e. The van der Waals surface area contributed by atoms with Crippen LogP contribution in [0.4, 0.5) is 0 Å². The van der Waals surface area contributed by atoms with Gasteiger partial charge in [0.25, 0.3) is 0 Å². The number of methoxy groups -OCH3 is 1. The SMILES string of the molecule is COCCN1CC[C@H](CN[C@@H]2CC[C@H](C)[C@H](C)C2)C1. The summed E-state index contributed by atoms with van der Waals surface area (Å²) in [6.07, 6.45) is 5.52. The molecule has 3 heteroatoms. The average Bonchev–Trinajstić information content (AvgIpc) is 2.86. The predicted octanol–water partition coefficient (Wildman–Crippen LogP) is 2.37. The highest BCUT2D eigenvalue weighted by Crippen LogP contribution is 2.29. The van der Waals surface area contributed by atoms with E-state index in [1.165, 1.54) is 45.3 Å². The fourth-order valence-electron chi connectivity index (χ4n) is 3.57. The summed E-state index contributed by atoms with van der Waals surface area (Å²) in [5.41, 5.74) is 0. The van der Waals surface area contributed by atoms with Gasteiger partial charge >= 0.3 is 0 Å². The molecular weight excluding hydrogens is 236 g/mol. The van der Waals surface area contributed by atoms with Crippen molar-refractivity contribution < 1.29 is 4.74 Å². The summed E-state index contributed by atoms with van der Waals surface area (Å²) in [4.78, 5) is 2.54. The summed E-state index contributed by atoms with van der Waals surface area (Å²) in [6.45, 7) is 10.5.